The number of nitrogens with one attached hydrogen (secondary N) is 8. The van der Waals surface area contributed by atoms with E-state index in [9.17, 15) is 47.9 Å². The van der Waals surface area contributed by atoms with E-state index < -0.39 is 125 Å². The van der Waals surface area contributed by atoms with E-state index in [0.29, 0.717) is 12.8 Å². The van der Waals surface area contributed by atoms with Crippen molar-refractivity contribution in [1.29, 1.82) is 0 Å². The standard InChI is InChI=1S/C47H89N17O10S2/c1-10-25(6)34(63-42(72)32(22-76)61-37(67)26(48)13-11-17-55-45(51)52)43(73)59-29(19-23(2)3)40(70)62-31(21-75)41(71)58-28(14-12-18-56-46(53)54)38(68)64-35(47(7,8)9)44(74)60-30(20-24(4)5)39(69)57-27(36(50)66)15-16-33(49)65/h23-32,34-35,75-76H,10-22,48H2,1-9H3,(H2,49,65)(H2,50,66)(H,57,69)(H,58,71)(H,59,73)(H,60,74)(H,61,67)(H,62,70)(H,63,72)(H,64,68)(H4,51,52,55)(H4,53,54,56)/t25-,26-,27-,28-,29-,30-,31-,32+,34-,35+/m0/s1. The number of carbonyl (C=O) groups is 10. The summed E-state index contributed by atoms with van der Waals surface area (Å²) in [6.45, 7) is 16.0. The average molecular weight is 1120 g/mol. The van der Waals surface area contributed by atoms with Gasteiger partial charge in [0.1, 0.15) is 48.3 Å². The van der Waals surface area contributed by atoms with Crippen LogP contribution in [0.3, 0.4) is 0 Å². The van der Waals surface area contributed by atoms with E-state index in [4.69, 9.17) is 40.1 Å². The van der Waals surface area contributed by atoms with Crippen LogP contribution in [-0.4, -0.2) is 150 Å². The molecule has 0 aromatic heterocycles. The Kier molecular flexibility index (Phi) is 32.4. The van der Waals surface area contributed by atoms with Crippen LogP contribution in [0.15, 0.2) is 9.98 Å². The van der Waals surface area contributed by atoms with Crippen LogP contribution in [0.2, 0.25) is 0 Å². The molecule has 29 heteroatoms. The number of hydrogen-bond donors (Lipinski definition) is 17. The fourth-order valence-corrected chi connectivity index (χ4v) is 7.79. The van der Waals surface area contributed by atoms with E-state index in [1.165, 1.54) is 0 Å². The highest BCUT2D eigenvalue weighted by molar-refractivity contribution is 7.80. The third-order valence-corrected chi connectivity index (χ3v) is 12.5. The number of nitrogens with zero attached hydrogens (tertiary/aromatic N) is 2. The van der Waals surface area contributed by atoms with Crippen molar-refractivity contribution in [3.8, 4) is 0 Å². The van der Waals surface area contributed by atoms with Gasteiger partial charge in [-0.25, -0.2) is 0 Å². The van der Waals surface area contributed by atoms with Crippen molar-refractivity contribution >= 4 is 96.2 Å². The first-order valence-electron chi connectivity index (χ1n) is 25.4. The molecule has 0 fully saturated rings. The molecule has 0 aliphatic heterocycles. The summed E-state index contributed by atoms with van der Waals surface area (Å²) in [5.41, 5.74) is 37.4. The Labute approximate surface area is 457 Å². The maximum atomic E-state index is 14.2. The van der Waals surface area contributed by atoms with E-state index in [-0.39, 0.29) is 93.3 Å². The highest BCUT2D eigenvalue weighted by atomic mass is 32.1. The second kappa shape index (κ2) is 35.3. The summed E-state index contributed by atoms with van der Waals surface area (Å²) in [7, 11) is 0. The third-order valence-electron chi connectivity index (χ3n) is 11.7. The lowest BCUT2D eigenvalue weighted by molar-refractivity contribution is -0.137. The number of amides is 10. The predicted molar refractivity (Wildman–Crippen MR) is 296 cm³/mol. The largest absolute Gasteiger partial charge is 0.370 e. The molecule has 0 saturated heterocycles. The fraction of sp³-hybridized carbons (Fsp3) is 0.745. The van der Waals surface area contributed by atoms with E-state index in [1.54, 1.807) is 62.3 Å². The minimum absolute atomic E-state index is 0.0468. The summed E-state index contributed by atoms with van der Waals surface area (Å²) in [5, 5.41) is 21.1. The first-order chi connectivity index (χ1) is 35.3. The molecule has 0 saturated carbocycles. The van der Waals surface area contributed by atoms with Gasteiger partial charge in [0.15, 0.2) is 11.9 Å². The molecule has 0 aliphatic carbocycles. The van der Waals surface area contributed by atoms with Gasteiger partial charge in [-0.15, -0.1) is 0 Å². The van der Waals surface area contributed by atoms with Crippen molar-refractivity contribution in [3.63, 3.8) is 0 Å². The molecule has 0 aromatic rings. The van der Waals surface area contributed by atoms with Gasteiger partial charge in [0.25, 0.3) is 0 Å². The van der Waals surface area contributed by atoms with Crippen LogP contribution in [0.4, 0.5) is 0 Å². The third kappa shape index (κ3) is 27.6. The molecule has 0 rings (SSSR count). The molecule has 10 amide bonds. The van der Waals surface area contributed by atoms with Gasteiger partial charge in [0.2, 0.25) is 59.1 Å². The van der Waals surface area contributed by atoms with E-state index in [2.05, 4.69) is 77.8 Å². The Morgan fingerprint density at radius 1 is 0.487 bits per heavy atom. The van der Waals surface area contributed by atoms with Gasteiger partial charge < -0.3 is 82.7 Å². The molecule has 0 unspecified atom stereocenters. The lowest BCUT2D eigenvalue weighted by Crippen LogP contribution is -2.62. The SMILES string of the molecule is CC[C@H](C)[C@H](NC(=O)[C@@H](CS)NC(=O)[C@@H](N)CCCN=C(N)N)C(=O)N[C@@H](CC(C)C)C(=O)N[C@@H](CS)C(=O)N[C@@H](CCCN=C(N)N)C(=O)N[C@H](C(=O)N[C@@H](CC(C)C)C(=O)N[C@@H](CCC(N)=O)C(N)=O)C(C)(C)C. The van der Waals surface area contributed by atoms with Crippen LogP contribution in [0, 0.1) is 23.2 Å². The number of rotatable bonds is 36. The van der Waals surface area contributed by atoms with Gasteiger partial charge in [-0.2, -0.15) is 25.3 Å². The Bertz CT molecular complexity index is 2010. The van der Waals surface area contributed by atoms with Crippen LogP contribution in [0.1, 0.15) is 120 Å². The molecule has 27 nitrogen and oxygen atoms in total. The summed E-state index contributed by atoms with van der Waals surface area (Å²) in [5.74, 6) is -9.31. The van der Waals surface area contributed by atoms with Crippen molar-refractivity contribution < 1.29 is 47.9 Å². The molecular formula is C47H89N17O10S2. The zero-order valence-corrected chi connectivity index (χ0v) is 47.3. The second-order valence-electron chi connectivity index (χ2n) is 20.6. The van der Waals surface area contributed by atoms with Gasteiger partial charge in [-0.05, 0) is 68.1 Å². The normalized spacial score (nSPS) is 15.3. The van der Waals surface area contributed by atoms with Crippen LogP contribution >= 0.6 is 25.3 Å². The fourth-order valence-electron chi connectivity index (χ4n) is 7.28. The quantitative estimate of drug-likeness (QED) is 0.0123. The van der Waals surface area contributed by atoms with Gasteiger partial charge >= 0.3 is 0 Å². The van der Waals surface area contributed by atoms with Crippen molar-refractivity contribution in [3.05, 3.63) is 0 Å². The Hall–Kier alpha value is -6.10. The number of nitrogens with two attached hydrogens (primary N) is 7. The molecule has 22 N–H and O–H groups in total. The van der Waals surface area contributed by atoms with Crippen LogP contribution < -0.4 is 82.7 Å². The lowest BCUT2D eigenvalue weighted by atomic mass is 9.85. The smallest absolute Gasteiger partial charge is 0.244 e. The summed E-state index contributed by atoms with van der Waals surface area (Å²) in [4.78, 5) is 142. The number of primary amides is 2. The maximum absolute atomic E-state index is 14.2. The Morgan fingerprint density at radius 3 is 1.30 bits per heavy atom. The van der Waals surface area contributed by atoms with Gasteiger partial charge in [0, 0.05) is 31.0 Å². The summed E-state index contributed by atoms with van der Waals surface area (Å²) in [6.07, 6.45) is 0.861. The van der Waals surface area contributed by atoms with E-state index in [1.807, 2.05) is 0 Å². The molecule has 434 valence electrons. The van der Waals surface area contributed by atoms with Crippen molar-refractivity contribution in [1.82, 2.24) is 42.5 Å². The zero-order valence-electron chi connectivity index (χ0n) is 45.5. The van der Waals surface area contributed by atoms with Gasteiger partial charge in [0.05, 0.1) is 6.04 Å². The number of guanidine groups is 2. The Balaban J connectivity index is 6.59. The molecule has 0 aromatic carbocycles. The second-order valence-corrected chi connectivity index (χ2v) is 21.3. The van der Waals surface area contributed by atoms with Crippen LogP contribution in [-0.2, 0) is 47.9 Å². The minimum Gasteiger partial charge on any atom is -0.370 e. The van der Waals surface area contributed by atoms with Crippen LogP contribution in [0.5, 0.6) is 0 Å². The summed E-state index contributed by atoms with van der Waals surface area (Å²) in [6, 6.07) is -11.2. The minimum atomic E-state index is -1.39. The molecular weight excluding hydrogens is 1030 g/mol. The average Bonchev–Trinajstić information content (AvgIpc) is 3.31. The maximum Gasteiger partial charge on any atom is 0.244 e. The topological polar surface area (TPSA) is 474 Å². The van der Waals surface area contributed by atoms with E-state index in [0.717, 1.165) is 0 Å². The monoisotopic (exact) mass is 1120 g/mol. The molecule has 0 heterocycles. The number of hydrogen-bond acceptors (Lipinski definition) is 15. The van der Waals surface area contributed by atoms with Crippen molar-refractivity contribution in [2.45, 2.75) is 174 Å². The van der Waals surface area contributed by atoms with E-state index >= 15 is 0 Å². The molecule has 0 bridgehead atoms. The molecule has 10 atom stereocenters. The first-order valence-corrected chi connectivity index (χ1v) is 26.6. The van der Waals surface area contributed by atoms with Crippen molar-refractivity contribution in [2.75, 3.05) is 24.6 Å². The van der Waals surface area contributed by atoms with Gasteiger partial charge in [-0.3, -0.25) is 57.9 Å². The molecule has 0 aliphatic rings. The number of thiol groups is 2. The number of carbonyl (C=O) groups excluding carboxylic acids is 10. The molecule has 76 heavy (non-hydrogen) atoms. The predicted octanol–water partition coefficient (Wildman–Crippen LogP) is -3.91. The summed E-state index contributed by atoms with van der Waals surface area (Å²) >= 11 is 8.55. The van der Waals surface area contributed by atoms with Crippen molar-refractivity contribution in [2.24, 2.45) is 73.3 Å². The highest BCUT2D eigenvalue weighted by Crippen LogP contribution is 2.21. The molecule has 0 radical (unpaired) electrons. The van der Waals surface area contributed by atoms with Gasteiger partial charge in [-0.1, -0.05) is 68.7 Å². The zero-order chi connectivity index (χ0) is 58.6. The number of aliphatic imine (C=N–C) groups is 2. The Morgan fingerprint density at radius 2 is 0.882 bits per heavy atom. The first kappa shape index (κ1) is 69.9. The highest BCUT2D eigenvalue weighted by Gasteiger charge is 2.39. The van der Waals surface area contributed by atoms with Crippen LogP contribution in [0.25, 0.3) is 0 Å². The molecule has 0 spiro atoms. The lowest BCUT2D eigenvalue weighted by Gasteiger charge is -2.33. The summed E-state index contributed by atoms with van der Waals surface area (Å²) < 4.78 is 0.